The van der Waals surface area contributed by atoms with Gasteiger partial charge in [-0.25, -0.2) is 0 Å². The van der Waals surface area contributed by atoms with E-state index in [0.717, 1.165) is 16.3 Å². The average Bonchev–Trinajstić information content (AvgIpc) is 2.17. The summed E-state index contributed by atoms with van der Waals surface area (Å²) in [5.41, 5.74) is 0.976. The Morgan fingerprint density at radius 3 is 3.15 bits per heavy atom. The van der Waals surface area contributed by atoms with Crippen molar-refractivity contribution in [2.75, 3.05) is 19.0 Å². The van der Waals surface area contributed by atoms with Crippen LogP contribution in [0.25, 0.3) is 0 Å². The molecule has 0 atom stereocenters. The third-order valence-electron chi connectivity index (χ3n) is 1.84. The highest BCUT2D eigenvalue weighted by molar-refractivity contribution is 8.14. The van der Waals surface area contributed by atoms with Crippen LogP contribution >= 0.6 is 11.8 Å². The molecule has 1 aromatic carbocycles. The smallest absolute Gasteiger partial charge is 0.212 e. The molecule has 4 heteroatoms. The summed E-state index contributed by atoms with van der Waals surface area (Å²) in [7, 11) is 1.61. The van der Waals surface area contributed by atoms with Crippen molar-refractivity contribution in [3.05, 3.63) is 18.2 Å². The number of benzene rings is 1. The van der Waals surface area contributed by atoms with E-state index in [0.29, 0.717) is 6.54 Å². The Bertz CT molecular complexity index is 337. The molecule has 1 aliphatic rings. The Morgan fingerprint density at radius 2 is 2.38 bits per heavy atom. The molecule has 1 aliphatic heterocycles. The summed E-state index contributed by atoms with van der Waals surface area (Å²) in [5.74, 6) is 0.753. The van der Waals surface area contributed by atoms with Gasteiger partial charge >= 0.3 is 0 Å². The second-order valence-electron chi connectivity index (χ2n) is 2.66. The van der Waals surface area contributed by atoms with Crippen LogP contribution in [0.1, 0.15) is 0 Å². The van der Waals surface area contributed by atoms with Crippen molar-refractivity contribution < 1.29 is 9.53 Å². The number of ether oxygens (including phenoxy) is 1. The van der Waals surface area contributed by atoms with E-state index >= 15 is 0 Å². The molecule has 0 fully saturated rings. The van der Waals surface area contributed by atoms with Crippen molar-refractivity contribution in [3.63, 3.8) is 0 Å². The fraction of sp³-hybridized carbons (Fsp3) is 0.222. The van der Waals surface area contributed by atoms with Crippen LogP contribution in [0.3, 0.4) is 0 Å². The minimum absolute atomic E-state index is 0.122. The van der Waals surface area contributed by atoms with E-state index in [1.165, 1.54) is 11.8 Å². The molecule has 0 radical (unpaired) electrons. The fourth-order valence-electron chi connectivity index (χ4n) is 1.24. The number of methoxy groups -OCH3 is 1. The lowest BCUT2D eigenvalue weighted by Gasteiger charge is -2.18. The molecule has 0 bridgehead atoms. The molecule has 2 rings (SSSR count). The molecule has 68 valence electrons. The maximum Gasteiger partial charge on any atom is 0.212 e. The molecule has 1 heterocycles. The Morgan fingerprint density at radius 1 is 1.54 bits per heavy atom. The molecule has 0 spiro atoms. The number of rotatable bonds is 1. The summed E-state index contributed by atoms with van der Waals surface area (Å²) >= 11 is 1.24. The highest BCUT2D eigenvalue weighted by Crippen LogP contribution is 2.38. The van der Waals surface area contributed by atoms with Crippen LogP contribution in [0, 0.1) is 0 Å². The largest absolute Gasteiger partial charge is 0.495 e. The van der Waals surface area contributed by atoms with Gasteiger partial charge in [-0.3, -0.25) is 4.79 Å². The Hall–Kier alpha value is -1.16. The average molecular weight is 195 g/mol. The van der Waals surface area contributed by atoms with Crippen LogP contribution in [0.4, 0.5) is 5.69 Å². The van der Waals surface area contributed by atoms with Gasteiger partial charge in [0.25, 0.3) is 0 Å². The van der Waals surface area contributed by atoms with Crippen LogP contribution in [0.5, 0.6) is 5.75 Å². The molecule has 0 saturated heterocycles. The van der Waals surface area contributed by atoms with E-state index in [-0.39, 0.29) is 5.12 Å². The Kier molecular flexibility index (Phi) is 2.14. The number of nitrogens with one attached hydrogen (secondary N) is 1. The Balaban J connectivity index is 2.46. The number of hydrogen-bond donors (Lipinski definition) is 1. The molecule has 0 aliphatic carbocycles. The fourth-order valence-corrected chi connectivity index (χ4v) is 2.11. The molecule has 0 saturated carbocycles. The summed E-state index contributed by atoms with van der Waals surface area (Å²) in [4.78, 5) is 12.0. The normalized spacial score (nSPS) is 14.7. The minimum atomic E-state index is 0.122. The van der Waals surface area contributed by atoms with Crippen LogP contribution in [0.2, 0.25) is 0 Å². The second kappa shape index (κ2) is 3.30. The van der Waals surface area contributed by atoms with Crippen LogP contribution in [-0.4, -0.2) is 18.8 Å². The highest BCUT2D eigenvalue weighted by Gasteiger charge is 2.18. The number of fused-ring (bicyclic) bond motifs is 1. The zero-order valence-electron chi connectivity index (χ0n) is 7.16. The van der Waals surface area contributed by atoms with Gasteiger partial charge in [0.15, 0.2) is 0 Å². The second-order valence-corrected chi connectivity index (χ2v) is 3.73. The first kappa shape index (κ1) is 8.44. The summed E-state index contributed by atoms with van der Waals surface area (Å²) in [5, 5.41) is 3.16. The van der Waals surface area contributed by atoms with Crippen LogP contribution < -0.4 is 10.1 Å². The number of anilines is 1. The topological polar surface area (TPSA) is 38.3 Å². The van der Waals surface area contributed by atoms with E-state index in [2.05, 4.69) is 5.32 Å². The van der Waals surface area contributed by atoms with Gasteiger partial charge in [0.1, 0.15) is 5.75 Å². The first-order valence-electron chi connectivity index (χ1n) is 3.93. The first-order chi connectivity index (χ1) is 6.31. The van der Waals surface area contributed by atoms with Gasteiger partial charge < -0.3 is 10.1 Å². The molecule has 3 nitrogen and oxygen atoms in total. The van der Waals surface area contributed by atoms with Crippen molar-refractivity contribution in [2.24, 2.45) is 0 Å². The standard InChI is InChI=1S/C9H9NO2S/c1-12-7-4-2-3-6-9(7)13-8(11)5-10-6/h2-4,10H,5H2,1H3. The molecule has 13 heavy (non-hydrogen) atoms. The van der Waals surface area contributed by atoms with Crippen molar-refractivity contribution in [2.45, 2.75) is 4.90 Å². The first-order valence-corrected chi connectivity index (χ1v) is 4.74. The number of thioether (sulfide) groups is 1. The number of hydrogen-bond acceptors (Lipinski definition) is 4. The number of carbonyl (C=O) groups excluding carboxylic acids is 1. The van der Waals surface area contributed by atoms with Crippen LogP contribution in [0.15, 0.2) is 23.1 Å². The maximum atomic E-state index is 11.1. The molecule has 0 amide bonds. The monoisotopic (exact) mass is 195 g/mol. The van der Waals surface area contributed by atoms with Gasteiger partial charge in [0, 0.05) is 0 Å². The lowest BCUT2D eigenvalue weighted by atomic mass is 10.3. The summed E-state index contributed by atoms with van der Waals surface area (Å²) in [6.45, 7) is 0.394. The zero-order chi connectivity index (χ0) is 9.26. The lowest BCUT2D eigenvalue weighted by molar-refractivity contribution is -0.109. The van der Waals surface area contributed by atoms with Crippen LogP contribution in [-0.2, 0) is 4.79 Å². The zero-order valence-corrected chi connectivity index (χ0v) is 7.98. The van der Waals surface area contributed by atoms with Gasteiger partial charge in [-0.2, -0.15) is 0 Å². The van der Waals surface area contributed by atoms with E-state index in [1.807, 2.05) is 18.2 Å². The van der Waals surface area contributed by atoms with Gasteiger partial charge in [-0.05, 0) is 23.9 Å². The molecule has 0 unspecified atom stereocenters. The van der Waals surface area contributed by atoms with Crippen molar-refractivity contribution in [1.82, 2.24) is 0 Å². The van der Waals surface area contributed by atoms with E-state index in [9.17, 15) is 4.79 Å². The predicted molar refractivity (Wildman–Crippen MR) is 52.3 cm³/mol. The molecular weight excluding hydrogens is 186 g/mol. The highest BCUT2D eigenvalue weighted by atomic mass is 32.2. The van der Waals surface area contributed by atoms with Gasteiger partial charge in [-0.1, -0.05) is 6.07 Å². The lowest BCUT2D eigenvalue weighted by Crippen LogP contribution is -2.16. The molecular formula is C9H9NO2S. The molecule has 1 aromatic rings. The SMILES string of the molecule is COc1cccc2c1SC(=O)CN2. The van der Waals surface area contributed by atoms with Gasteiger partial charge in [0.2, 0.25) is 5.12 Å². The quantitative estimate of drug-likeness (QED) is 0.740. The van der Waals surface area contributed by atoms with Gasteiger partial charge in [-0.15, -0.1) is 0 Å². The molecule has 1 N–H and O–H groups in total. The predicted octanol–water partition coefficient (Wildman–Crippen LogP) is 1.74. The van der Waals surface area contributed by atoms with E-state index in [1.54, 1.807) is 7.11 Å². The third kappa shape index (κ3) is 1.49. The minimum Gasteiger partial charge on any atom is -0.495 e. The third-order valence-corrected chi connectivity index (χ3v) is 2.84. The van der Waals surface area contributed by atoms with Gasteiger partial charge in [0.05, 0.1) is 24.2 Å². The summed E-state index contributed by atoms with van der Waals surface area (Å²) in [6.07, 6.45) is 0. The van der Waals surface area contributed by atoms with Crippen molar-refractivity contribution in [1.29, 1.82) is 0 Å². The Labute approximate surface area is 80.5 Å². The number of carbonyl (C=O) groups is 1. The van der Waals surface area contributed by atoms with E-state index < -0.39 is 0 Å². The molecule has 0 aromatic heterocycles. The maximum absolute atomic E-state index is 11.1. The van der Waals surface area contributed by atoms with E-state index in [4.69, 9.17) is 4.74 Å². The summed E-state index contributed by atoms with van der Waals surface area (Å²) < 4.78 is 5.15. The summed E-state index contributed by atoms with van der Waals surface area (Å²) in [6, 6.07) is 5.70. The van der Waals surface area contributed by atoms with Crippen molar-refractivity contribution >= 4 is 22.6 Å². The van der Waals surface area contributed by atoms with Crippen molar-refractivity contribution in [3.8, 4) is 5.75 Å².